The number of nitrogens with one attached hydrogen (secondary N) is 2. The van der Waals surface area contributed by atoms with Crippen molar-refractivity contribution in [2.45, 2.75) is 13.0 Å². The first kappa shape index (κ1) is 20.9. The lowest BCUT2D eigenvalue weighted by molar-refractivity contribution is -0.125. The van der Waals surface area contributed by atoms with Crippen molar-refractivity contribution in [2.75, 3.05) is 19.8 Å². The minimum Gasteiger partial charge on any atom is -0.484 e. The third-order valence-electron chi connectivity index (χ3n) is 3.38. The lowest BCUT2D eigenvalue weighted by Gasteiger charge is -2.15. The fourth-order valence-corrected chi connectivity index (χ4v) is 2.30. The molecule has 2 amide bonds. The second-order valence-corrected chi connectivity index (χ2v) is 6.63. The molecule has 0 heterocycles. The molecule has 8 heteroatoms. The van der Waals surface area contributed by atoms with Gasteiger partial charge in [0, 0.05) is 22.6 Å². The van der Waals surface area contributed by atoms with Crippen LogP contribution in [-0.2, 0) is 9.59 Å². The molecule has 0 spiro atoms. The maximum Gasteiger partial charge on any atom is 0.258 e. The summed E-state index contributed by atoms with van der Waals surface area (Å²) in [5.41, 5.74) is 0. The number of amides is 2. The summed E-state index contributed by atoms with van der Waals surface area (Å²) in [5, 5.41) is 6.61. The molecule has 0 aliphatic rings. The van der Waals surface area contributed by atoms with E-state index in [1.165, 1.54) is 0 Å². The highest BCUT2D eigenvalue weighted by molar-refractivity contribution is 6.30. The summed E-state index contributed by atoms with van der Waals surface area (Å²) in [4.78, 5) is 23.7. The van der Waals surface area contributed by atoms with E-state index in [4.69, 9.17) is 32.7 Å². The lowest BCUT2D eigenvalue weighted by Crippen LogP contribution is -2.44. The van der Waals surface area contributed by atoms with Crippen molar-refractivity contribution in [1.82, 2.24) is 10.6 Å². The van der Waals surface area contributed by atoms with Gasteiger partial charge in [0.1, 0.15) is 11.5 Å². The Hall–Kier alpha value is -2.44. The molecule has 6 nitrogen and oxygen atoms in total. The van der Waals surface area contributed by atoms with Gasteiger partial charge in [0.05, 0.1) is 0 Å². The Kier molecular flexibility index (Phi) is 8.23. The van der Waals surface area contributed by atoms with Crippen LogP contribution >= 0.6 is 23.2 Å². The molecule has 2 aromatic carbocycles. The number of halogens is 2. The van der Waals surface area contributed by atoms with Crippen LogP contribution in [0.4, 0.5) is 0 Å². The zero-order chi connectivity index (χ0) is 19.6. The van der Waals surface area contributed by atoms with Crippen LogP contribution in [0.15, 0.2) is 48.5 Å². The van der Waals surface area contributed by atoms with Gasteiger partial charge < -0.3 is 20.1 Å². The van der Waals surface area contributed by atoms with Crippen LogP contribution in [0.3, 0.4) is 0 Å². The van der Waals surface area contributed by atoms with Gasteiger partial charge in [-0.2, -0.15) is 0 Å². The van der Waals surface area contributed by atoms with E-state index in [9.17, 15) is 9.59 Å². The number of rotatable bonds is 9. The lowest BCUT2D eigenvalue weighted by atomic mass is 10.3. The second-order valence-electron chi connectivity index (χ2n) is 5.76. The fourth-order valence-electron chi connectivity index (χ4n) is 2.04. The minimum absolute atomic E-state index is 0.123. The fraction of sp³-hybridized carbons (Fsp3) is 0.263. The molecule has 0 unspecified atom stereocenters. The zero-order valence-corrected chi connectivity index (χ0v) is 16.2. The zero-order valence-electron chi connectivity index (χ0n) is 14.7. The maximum absolute atomic E-state index is 11.9. The molecular formula is C19H20Cl2N2O4. The Morgan fingerprint density at radius 3 is 1.78 bits per heavy atom. The summed E-state index contributed by atoms with van der Waals surface area (Å²) in [6.07, 6.45) is 0. The average Bonchev–Trinajstić information content (AvgIpc) is 2.65. The van der Waals surface area contributed by atoms with Crippen LogP contribution in [-0.4, -0.2) is 37.6 Å². The third kappa shape index (κ3) is 8.19. The smallest absolute Gasteiger partial charge is 0.258 e. The Labute approximate surface area is 167 Å². The first-order valence-electron chi connectivity index (χ1n) is 8.25. The SMILES string of the molecule is C[C@H](CNC(=O)COc1ccc(Cl)cc1)NC(=O)COc1ccc(Cl)cc1. The molecule has 0 bridgehead atoms. The summed E-state index contributed by atoms with van der Waals surface area (Å²) in [7, 11) is 0. The van der Waals surface area contributed by atoms with Crippen molar-refractivity contribution < 1.29 is 19.1 Å². The molecule has 27 heavy (non-hydrogen) atoms. The maximum atomic E-state index is 11.9. The monoisotopic (exact) mass is 410 g/mol. The van der Waals surface area contributed by atoms with Gasteiger partial charge in [-0.1, -0.05) is 23.2 Å². The van der Waals surface area contributed by atoms with Crippen LogP contribution < -0.4 is 20.1 Å². The van der Waals surface area contributed by atoms with E-state index in [1.807, 2.05) is 0 Å². The molecule has 144 valence electrons. The summed E-state index contributed by atoms with van der Waals surface area (Å²) in [6, 6.07) is 13.2. The first-order valence-corrected chi connectivity index (χ1v) is 9.01. The second kappa shape index (κ2) is 10.6. The molecule has 2 rings (SSSR count). The topological polar surface area (TPSA) is 76.7 Å². The predicted molar refractivity (Wildman–Crippen MR) is 105 cm³/mol. The van der Waals surface area contributed by atoms with Gasteiger partial charge in [-0.15, -0.1) is 0 Å². The Balaban J connectivity index is 1.62. The number of benzene rings is 2. The Morgan fingerprint density at radius 1 is 0.852 bits per heavy atom. The Morgan fingerprint density at radius 2 is 1.30 bits per heavy atom. The van der Waals surface area contributed by atoms with E-state index in [2.05, 4.69) is 10.6 Å². The quantitative estimate of drug-likeness (QED) is 0.665. The molecule has 2 N–H and O–H groups in total. The summed E-state index contributed by atoms with van der Waals surface area (Å²) < 4.78 is 10.7. The number of carbonyl (C=O) groups excluding carboxylic acids is 2. The normalized spacial score (nSPS) is 11.4. The van der Waals surface area contributed by atoms with Crippen LogP contribution in [0.2, 0.25) is 10.0 Å². The molecule has 0 saturated heterocycles. The van der Waals surface area contributed by atoms with Crippen LogP contribution in [0.1, 0.15) is 6.92 Å². The molecule has 0 aromatic heterocycles. The highest BCUT2D eigenvalue weighted by Gasteiger charge is 2.10. The number of hydrogen-bond donors (Lipinski definition) is 2. The highest BCUT2D eigenvalue weighted by Crippen LogP contribution is 2.16. The van der Waals surface area contributed by atoms with Crippen LogP contribution in [0.25, 0.3) is 0 Å². The molecule has 0 aliphatic carbocycles. The van der Waals surface area contributed by atoms with Crippen molar-refractivity contribution in [2.24, 2.45) is 0 Å². The van der Waals surface area contributed by atoms with E-state index in [0.29, 0.717) is 21.5 Å². The van der Waals surface area contributed by atoms with E-state index in [1.54, 1.807) is 55.5 Å². The van der Waals surface area contributed by atoms with Crippen molar-refractivity contribution >= 4 is 35.0 Å². The van der Waals surface area contributed by atoms with Gasteiger partial charge in [0.2, 0.25) is 0 Å². The molecule has 0 aliphatic heterocycles. The first-order chi connectivity index (χ1) is 12.9. The predicted octanol–water partition coefficient (Wildman–Crippen LogP) is 3.07. The molecule has 0 saturated carbocycles. The van der Waals surface area contributed by atoms with Crippen molar-refractivity contribution in [1.29, 1.82) is 0 Å². The van der Waals surface area contributed by atoms with E-state index >= 15 is 0 Å². The molecular weight excluding hydrogens is 391 g/mol. The van der Waals surface area contributed by atoms with E-state index in [-0.39, 0.29) is 37.6 Å². The number of hydrogen-bond acceptors (Lipinski definition) is 4. The minimum atomic E-state index is -0.288. The van der Waals surface area contributed by atoms with Crippen molar-refractivity contribution in [3.63, 3.8) is 0 Å². The molecule has 0 fully saturated rings. The standard InChI is InChI=1S/C19H20Cl2N2O4/c1-13(23-19(25)12-27-17-8-4-15(21)5-9-17)10-22-18(24)11-26-16-6-2-14(20)3-7-16/h2-9,13H,10-12H2,1H3,(H,22,24)(H,23,25)/t13-/m1/s1. The van der Waals surface area contributed by atoms with Gasteiger partial charge in [0.25, 0.3) is 11.8 Å². The third-order valence-corrected chi connectivity index (χ3v) is 3.88. The van der Waals surface area contributed by atoms with Gasteiger partial charge in [-0.05, 0) is 55.5 Å². The van der Waals surface area contributed by atoms with Crippen molar-refractivity contribution in [3.8, 4) is 11.5 Å². The molecule has 1 atom stereocenters. The van der Waals surface area contributed by atoms with Crippen molar-refractivity contribution in [3.05, 3.63) is 58.6 Å². The average molecular weight is 411 g/mol. The van der Waals surface area contributed by atoms with Gasteiger partial charge in [-0.3, -0.25) is 9.59 Å². The van der Waals surface area contributed by atoms with Gasteiger partial charge in [0.15, 0.2) is 13.2 Å². The van der Waals surface area contributed by atoms with Crippen LogP contribution in [0.5, 0.6) is 11.5 Å². The van der Waals surface area contributed by atoms with Crippen LogP contribution in [0, 0.1) is 0 Å². The highest BCUT2D eigenvalue weighted by atomic mass is 35.5. The summed E-state index contributed by atoms with van der Waals surface area (Å²) >= 11 is 11.6. The number of carbonyl (C=O) groups is 2. The molecule has 2 aromatic rings. The summed E-state index contributed by atoms with van der Waals surface area (Å²) in [6.45, 7) is 1.80. The largest absolute Gasteiger partial charge is 0.484 e. The molecule has 0 radical (unpaired) electrons. The van der Waals surface area contributed by atoms with Gasteiger partial charge in [-0.25, -0.2) is 0 Å². The van der Waals surface area contributed by atoms with E-state index in [0.717, 1.165) is 0 Å². The summed E-state index contributed by atoms with van der Waals surface area (Å²) in [5.74, 6) is 0.526. The Bertz CT molecular complexity index is 751. The van der Waals surface area contributed by atoms with E-state index < -0.39 is 0 Å². The number of ether oxygens (including phenoxy) is 2. The van der Waals surface area contributed by atoms with Gasteiger partial charge >= 0.3 is 0 Å².